The number of likely N-dealkylation sites (tertiary alicyclic amines) is 1. The molecule has 5 N–H and O–H groups in total. The molecule has 5 aliphatic rings. The van der Waals surface area contributed by atoms with Gasteiger partial charge in [0.1, 0.15) is 17.3 Å². The number of amides is 1. The molecular formula is C32H42N6O2. The van der Waals surface area contributed by atoms with Crippen LogP contribution in [0.3, 0.4) is 0 Å². The van der Waals surface area contributed by atoms with Crippen LogP contribution < -0.4 is 21.7 Å². The maximum atomic E-state index is 13.2. The Balaban J connectivity index is 1.02. The van der Waals surface area contributed by atoms with Crippen molar-refractivity contribution in [3.05, 3.63) is 65.3 Å². The third-order valence-electron chi connectivity index (χ3n) is 9.28. The molecule has 3 unspecified atom stereocenters. The van der Waals surface area contributed by atoms with Crippen LogP contribution in [-0.4, -0.2) is 49.3 Å². The van der Waals surface area contributed by atoms with E-state index in [1.54, 1.807) is 4.90 Å². The summed E-state index contributed by atoms with van der Waals surface area (Å²) in [6.07, 6.45) is 16.2. The zero-order valence-corrected chi connectivity index (χ0v) is 23.3. The molecule has 0 radical (unpaired) electrons. The Bertz CT molecular complexity index is 1240. The molecule has 3 aliphatic heterocycles. The van der Waals surface area contributed by atoms with E-state index >= 15 is 0 Å². The molecule has 8 nitrogen and oxygen atoms in total. The van der Waals surface area contributed by atoms with Gasteiger partial charge in [-0.3, -0.25) is 4.79 Å². The minimum Gasteiger partial charge on any atom is -0.390 e. The smallest absolute Gasteiger partial charge is 0.247 e. The van der Waals surface area contributed by atoms with Crippen molar-refractivity contribution in [1.29, 1.82) is 5.26 Å². The minimum absolute atomic E-state index is 0.0308. The Morgan fingerprint density at radius 2 is 2.10 bits per heavy atom. The number of rotatable bonds is 11. The van der Waals surface area contributed by atoms with Crippen molar-refractivity contribution in [2.45, 2.75) is 70.1 Å². The number of hydrogen-bond donors (Lipinski definition) is 4. The van der Waals surface area contributed by atoms with E-state index in [1.807, 2.05) is 12.2 Å². The van der Waals surface area contributed by atoms with Crippen LogP contribution in [0.2, 0.25) is 0 Å². The van der Waals surface area contributed by atoms with Crippen molar-refractivity contribution >= 4 is 11.5 Å². The normalized spacial score (nSPS) is 28.9. The summed E-state index contributed by atoms with van der Waals surface area (Å²) in [4.78, 5) is 15.0. The Labute approximate surface area is 237 Å². The first kappa shape index (κ1) is 26.9. The molecule has 1 amide bonds. The first-order chi connectivity index (χ1) is 19.6. The Hall–Kier alpha value is -3.28. The van der Waals surface area contributed by atoms with E-state index < -0.39 is 5.41 Å². The number of hydrogen-bond acceptors (Lipinski definition) is 7. The molecule has 1 aromatic carbocycles. The molecule has 0 bridgehead atoms. The third-order valence-corrected chi connectivity index (χ3v) is 9.28. The van der Waals surface area contributed by atoms with Crippen LogP contribution in [0.15, 0.2) is 54.1 Å². The van der Waals surface area contributed by atoms with Gasteiger partial charge in [-0.05, 0) is 66.7 Å². The summed E-state index contributed by atoms with van der Waals surface area (Å²) in [7, 11) is 0. The van der Waals surface area contributed by atoms with Gasteiger partial charge in [0.25, 0.3) is 0 Å². The van der Waals surface area contributed by atoms with Crippen molar-refractivity contribution in [2.24, 2.45) is 23.0 Å². The maximum Gasteiger partial charge on any atom is 0.247 e. The lowest BCUT2D eigenvalue weighted by molar-refractivity contribution is -0.132. The Kier molecular flexibility index (Phi) is 7.86. The fourth-order valence-electron chi connectivity index (χ4n) is 6.65. The third kappa shape index (κ3) is 5.77. The van der Waals surface area contributed by atoms with Gasteiger partial charge in [0.2, 0.25) is 5.91 Å². The van der Waals surface area contributed by atoms with Crippen LogP contribution in [0.5, 0.6) is 0 Å². The minimum atomic E-state index is -0.823. The van der Waals surface area contributed by atoms with Crippen LogP contribution in [-0.2, 0) is 16.0 Å². The van der Waals surface area contributed by atoms with Crippen molar-refractivity contribution in [3.63, 3.8) is 0 Å². The number of carbonyl (C=O) groups is 1. The van der Waals surface area contributed by atoms with Crippen molar-refractivity contribution in [1.82, 2.24) is 20.9 Å². The van der Waals surface area contributed by atoms with Crippen LogP contribution >= 0.6 is 0 Å². The molecule has 6 rings (SSSR count). The van der Waals surface area contributed by atoms with Crippen LogP contribution in [0.4, 0.5) is 0 Å². The predicted octanol–water partition coefficient (Wildman–Crippen LogP) is 3.49. The van der Waals surface area contributed by atoms with E-state index in [0.717, 1.165) is 54.4 Å². The lowest BCUT2D eigenvalue weighted by Gasteiger charge is -2.25. The molecular weight excluding hydrogens is 500 g/mol. The SMILES string of the molecule is N#CC1(C2CC2)CCN(C2=CCNC(NC3OC3Cc3cccc(/C(=C/NCC4CCCCC4)CN)c3)=C2)C1=O. The Morgan fingerprint density at radius 1 is 1.25 bits per heavy atom. The Morgan fingerprint density at radius 3 is 2.88 bits per heavy atom. The molecule has 2 saturated heterocycles. The highest BCUT2D eigenvalue weighted by Gasteiger charge is 2.57. The van der Waals surface area contributed by atoms with E-state index in [2.05, 4.69) is 52.5 Å². The van der Waals surface area contributed by atoms with E-state index in [9.17, 15) is 10.1 Å². The van der Waals surface area contributed by atoms with Gasteiger partial charge in [0.05, 0.1) is 6.07 Å². The fourth-order valence-corrected chi connectivity index (χ4v) is 6.65. The zero-order chi connectivity index (χ0) is 27.5. The molecule has 0 aromatic heterocycles. The average Bonchev–Trinajstić information content (AvgIpc) is 3.92. The highest BCUT2D eigenvalue weighted by atomic mass is 16.6. The molecule has 0 spiro atoms. The zero-order valence-electron chi connectivity index (χ0n) is 23.3. The number of nitrogens with two attached hydrogens (primary N) is 1. The molecule has 8 heteroatoms. The number of nitrogens with one attached hydrogen (secondary N) is 3. The van der Waals surface area contributed by atoms with E-state index in [0.29, 0.717) is 26.1 Å². The van der Waals surface area contributed by atoms with Crippen molar-refractivity contribution < 1.29 is 9.53 Å². The van der Waals surface area contributed by atoms with Gasteiger partial charge in [-0.2, -0.15) is 5.26 Å². The second-order valence-corrected chi connectivity index (χ2v) is 12.1. The van der Waals surface area contributed by atoms with Gasteiger partial charge < -0.3 is 31.3 Å². The molecule has 1 aromatic rings. The lowest BCUT2D eigenvalue weighted by Crippen LogP contribution is -2.38. The molecule has 2 aliphatic carbocycles. The molecule has 3 heterocycles. The lowest BCUT2D eigenvalue weighted by atomic mass is 9.83. The maximum absolute atomic E-state index is 13.2. The standard InChI is InChI=1S/C32H42N6O2/c33-18-25(20-35-19-22-5-2-1-3-6-22)24-8-4-7-23(15-24)16-28-30(40-28)37-29-17-27(11-13-36-29)38-14-12-32(21-34,31(38)39)26-9-10-26/h4,7-8,11,15,17,20,22,26,28,30,35-37H,1-3,5-6,9-10,12-14,16,18-19,33H2/b25-20+. The predicted molar refractivity (Wildman–Crippen MR) is 155 cm³/mol. The van der Waals surface area contributed by atoms with Crippen LogP contribution in [0, 0.1) is 28.6 Å². The first-order valence-corrected chi connectivity index (χ1v) is 15.1. The number of nitrogens with zero attached hydrogens (tertiary/aromatic N) is 2. The van der Waals surface area contributed by atoms with Gasteiger partial charge in [-0.15, -0.1) is 0 Å². The van der Waals surface area contributed by atoms with Gasteiger partial charge in [-0.25, -0.2) is 0 Å². The number of dihydropyridines is 1. The first-order valence-electron chi connectivity index (χ1n) is 15.1. The van der Waals surface area contributed by atoms with Gasteiger partial charge >= 0.3 is 0 Å². The highest BCUT2D eigenvalue weighted by molar-refractivity contribution is 5.90. The second-order valence-electron chi connectivity index (χ2n) is 12.1. The molecule has 212 valence electrons. The molecule has 4 fully saturated rings. The molecule has 40 heavy (non-hydrogen) atoms. The van der Waals surface area contributed by atoms with Crippen LogP contribution in [0.1, 0.15) is 62.5 Å². The quantitative estimate of drug-likeness (QED) is 0.316. The fraction of sp³-hybridized carbons (Fsp3) is 0.562. The number of ether oxygens (including phenoxy) is 1. The van der Waals surface area contributed by atoms with Crippen LogP contribution in [0.25, 0.3) is 5.57 Å². The van der Waals surface area contributed by atoms with Gasteiger partial charge in [0.15, 0.2) is 6.23 Å². The number of epoxide rings is 1. The van der Waals surface area contributed by atoms with Gasteiger partial charge in [0, 0.05) is 50.6 Å². The monoisotopic (exact) mass is 542 g/mol. The average molecular weight is 543 g/mol. The van der Waals surface area contributed by atoms with Crippen molar-refractivity contribution in [3.8, 4) is 6.07 Å². The summed E-state index contributed by atoms with van der Waals surface area (Å²) in [5.41, 5.74) is 9.66. The summed E-state index contributed by atoms with van der Waals surface area (Å²) in [6.45, 7) is 2.76. The molecule has 2 saturated carbocycles. The summed E-state index contributed by atoms with van der Waals surface area (Å²) in [5.74, 6) is 1.82. The number of nitriles is 1. The van der Waals surface area contributed by atoms with E-state index in [1.165, 1.54) is 37.7 Å². The topological polar surface area (TPSA) is 119 Å². The summed E-state index contributed by atoms with van der Waals surface area (Å²) < 4.78 is 5.97. The molecule has 3 atom stereocenters. The van der Waals surface area contributed by atoms with Gasteiger partial charge in [-0.1, -0.05) is 43.5 Å². The number of benzene rings is 1. The second kappa shape index (κ2) is 11.7. The number of allylic oxidation sites excluding steroid dienone is 1. The largest absolute Gasteiger partial charge is 0.390 e. The van der Waals surface area contributed by atoms with Crippen molar-refractivity contribution in [2.75, 3.05) is 26.2 Å². The summed E-state index contributed by atoms with van der Waals surface area (Å²) >= 11 is 0. The van der Waals surface area contributed by atoms with E-state index in [-0.39, 0.29) is 24.2 Å². The van der Waals surface area contributed by atoms with E-state index in [4.69, 9.17) is 10.5 Å². The summed E-state index contributed by atoms with van der Waals surface area (Å²) in [6, 6.07) is 11.0. The highest BCUT2D eigenvalue weighted by Crippen LogP contribution is 2.52. The number of carbonyl (C=O) groups excluding carboxylic acids is 1. The summed E-state index contributed by atoms with van der Waals surface area (Å²) in [5, 5.41) is 20.1.